The third-order valence-electron chi connectivity index (χ3n) is 5.92. The van der Waals surface area contributed by atoms with E-state index in [2.05, 4.69) is 10.6 Å². The molecule has 0 aliphatic rings. The summed E-state index contributed by atoms with van der Waals surface area (Å²) in [5, 5.41) is 24.9. The van der Waals surface area contributed by atoms with Gasteiger partial charge in [0.1, 0.15) is 23.9 Å². The van der Waals surface area contributed by atoms with Crippen LogP contribution in [0.5, 0.6) is 5.75 Å². The Labute approximate surface area is 209 Å². The summed E-state index contributed by atoms with van der Waals surface area (Å²) in [6.07, 6.45) is -0.538. The van der Waals surface area contributed by atoms with Crippen molar-refractivity contribution in [2.24, 2.45) is 0 Å². The Morgan fingerprint density at radius 3 is 2.00 bits per heavy atom. The van der Waals surface area contributed by atoms with Gasteiger partial charge < -0.3 is 25.6 Å². The maximum absolute atomic E-state index is 13.4. The van der Waals surface area contributed by atoms with Gasteiger partial charge in [-0.05, 0) is 35.2 Å². The number of hydrogen-bond acceptors (Lipinski definition) is 5. The summed E-state index contributed by atoms with van der Waals surface area (Å²) in [6, 6.07) is 23.3. The van der Waals surface area contributed by atoms with Crippen molar-refractivity contribution >= 4 is 18.0 Å². The van der Waals surface area contributed by atoms with Gasteiger partial charge in [-0.15, -0.1) is 0 Å². The smallest absolute Gasteiger partial charge is 0.408 e. The van der Waals surface area contributed by atoms with Crippen molar-refractivity contribution in [2.75, 3.05) is 0 Å². The molecule has 0 aliphatic carbocycles. The van der Waals surface area contributed by atoms with Crippen molar-refractivity contribution in [1.82, 2.24) is 10.6 Å². The molecule has 0 radical (unpaired) electrons. The number of carboxylic acids is 1. The van der Waals surface area contributed by atoms with E-state index in [1.807, 2.05) is 60.7 Å². The molecule has 0 saturated carbocycles. The molecule has 4 N–H and O–H groups in total. The van der Waals surface area contributed by atoms with E-state index < -0.39 is 29.6 Å². The summed E-state index contributed by atoms with van der Waals surface area (Å²) in [4.78, 5) is 38.3. The van der Waals surface area contributed by atoms with Crippen LogP contribution in [0.1, 0.15) is 30.0 Å². The molecule has 36 heavy (non-hydrogen) atoms. The Morgan fingerprint density at radius 2 is 1.44 bits per heavy atom. The van der Waals surface area contributed by atoms with Gasteiger partial charge in [0.15, 0.2) is 0 Å². The van der Waals surface area contributed by atoms with Crippen molar-refractivity contribution in [2.45, 2.75) is 44.4 Å². The highest BCUT2D eigenvalue weighted by molar-refractivity contribution is 5.91. The van der Waals surface area contributed by atoms with Crippen LogP contribution in [-0.2, 0) is 33.8 Å². The van der Waals surface area contributed by atoms with Crippen LogP contribution in [0.3, 0.4) is 0 Å². The van der Waals surface area contributed by atoms with Gasteiger partial charge in [-0.2, -0.15) is 0 Å². The number of rotatable bonds is 11. The van der Waals surface area contributed by atoms with Crippen LogP contribution >= 0.6 is 0 Å². The molecule has 2 amide bonds. The first-order valence-electron chi connectivity index (χ1n) is 11.7. The molecule has 188 valence electrons. The summed E-state index contributed by atoms with van der Waals surface area (Å²) in [5.74, 6) is -1.78. The first-order valence-corrected chi connectivity index (χ1v) is 11.7. The largest absolute Gasteiger partial charge is 0.508 e. The summed E-state index contributed by atoms with van der Waals surface area (Å²) in [6.45, 7) is 1.70. The summed E-state index contributed by atoms with van der Waals surface area (Å²) in [7, 11) is 0. The Bertz CT molecular complexity index is 1150. The van der Waals surface area contributed by atoms with E-state index in [1.54, 1.807) is 19.1 Å². The maximum atomic E-state index is 13.4. The van der Waals surface area contributed by atoms with Crippen molar-refractivity contribution in [3.63, 3.8) is 0 Å². The van der Waals surface area contributed by atoms with Crippen molar-refractivity contribution in [3.05, 3.63) is 102 Å². The van der Waals surface area contributed by atoms with Crippen LogP contribution in [-0.4, -0.2) is 39.8 Å². The number of amides is 2. The van der Waals surface area contributed by atoms with Crippen LogP contribution < -0.4 is 10.6 Å². The van der Waals surface area contributed by atoms with Gasteiger partial charge in [-0.1, -0.05) is 79.7 Å². The minimum absolute atomic E-state index is 0.00135. The number of aromatic hydroxyl groups is 1. The fraction of sp³-hybridized carbons (Fsp3) is 0.250. The van der Waals surface area contributed by atoms with E-state index in [1.165, 1.54) is 12.1 Å². The van der Waals surface area contributed by atoms with E-state index in [0.717, 1.165) is 11.1 Å². The Hall–Kier alpha value is -4.33. The molecule has 0 fully saturated rings. The van der Waals surface area contributed by atoms with Gasteiger partial charge in [0.05, 0.1) is 0 Å². The highest BCUT2D eigenvalue weighted by atomic mass is 16.5. The normalized spacial score (nSPS) is 13.1. The topological polar surface area (TPSA) is 125 Å². The molecule has 2 atom stereocenters. The van der Waals surface area contributed by atoms with Gasteiger partial charge in [-0.25, -0.2) is 9.59 Å². The van der Waals surface area contributed by atoms with E-state index in [0.29, 0.717) is 5.56 Å². The monoisotopic (exact) mass is 490 g/mol. The average Bonchev–Trinajstić information content (AvgIpc) is 2.89. The molecule has 0 heterocycles. The Morgan fingerprint density at radius 1 is 0.861 bits per heavy atom. The molecule has 3 aromatic rings. The summed E-state index contributed by atoms with van der Waals surface area (Å²) in [5.41, 5.74) is 0.601. The molecular formula is C28H30N2O6. The van der Waals surface area contributed by atoms with Gasteiger partial charge in [-0.3, -0.25) is 4.79 Å². The van der Waals surface area contributed by atoms with Crippen LogP contribution in [0.2, 0.25) is 0 Å². The van der Waals surface area contributed by atoms with E-state index in [-0.39, 0.29) is 31.6 Å². The van der Waals surface area contributed by atoms with Crippen LogP contribution in [0.15, 0.2) is 84.9 Å². The standard InChI is InChI=1S/C28H30N2O6/c1-2-28(26(33)34,18-21-13-15-23(31)16-14-21)30-25(32)24(17-20-9-5-3-6-10-20)29-27(35)36-19-22-11-7-4-8-12-22/h3-16,24,31H,2,17-19H2,1H3,(H,29,35)(H,30,32)(H,33,34). The fourth-order valence-corrected chi connectivity index (χ4v) is 3.79. The third kappa shape index (κ3) is 7.33. The second-order valence-corrected chi connectivity index (χ2v) is 8.52. The molecule has 0 saturated heterocycles. The molecule has 8 heteroatoms. The van der Waals surface area contributed by atoms with Gasteiger partial charge >= 0.3 is 12.1 Å². The number of ether oxygens (including phenoxy) is 1. The lowest BCUT2D eigenvalue weighted by Gasteiger charge is -2.31. The second-order valence-electron chi connectivity index (χ2n) is 8.52. The first-order chi connectivity index (χ1) is 17.3. The van der Waals surface area contributed by atoms with Crippen LogP contribution in [0, 0.1) is 0 Å². The molecule has 3 rings (SSSR count). The average molecular weight is 491 g/mol. The number of hydrogen-bond donors (Lipinski definition) is 4. The van der Waals surface area contributed by atoms with Gasteiger partial charge in [0.2, 0.25) is 5.91 Å². The van der Waals surface area contributed by atoms with E-state index >= 15 is 0 Å². The lowest BCUT2D eigenvalue weighted by atomic mass is 9.87. The summed E-state index contributed by atoms with van der Waals surface area (Å²) < 4.78 is 5.29. The molecular weight excluding hydrogens is 460 g/mol. The number of aliphatic carboxylic acids is 1. The first kappa shape index (κ1) is 26.3. The number of benzene rings is 3. The van der Waals surface area contributed by atoms with Crippen molar-refractivity contribution in [1.29, 1.82) is 0 Å². The van der Waals surface area contributed by atoms with Gasteiger partial charge in [0.25, 0.3) is 0 Å². The SMILES string of the molecule is CCC(Cc1ccc(O)cc1)(NC(=O)C(Cc1ccccc1)NC(=O)OCc1ccccc1)C(=O)O. The quantitative estimate of drug-likeness (QED) is 0.324. The second kappa shape index (κ2) is 12.4. The Kier molecular flexibility index (Phi) is 9.05. The Balaban J connectivity index is 1.78. The highest BCUT2D eigenvalue weighted by Gasteiger charge is 2.40. The number of carbonyl (C=O) groups is 3. The molecule has 0 aromatic heterocycles. The number of phenolic OH excluding ortho intramolecular Hbond substituents is 1. The predicted molar refractivity (Wildman–Crippen MR) is 134 cm³/mol. The van der Waals surface area contributed by atoms with Gasteiger partial charge in [0, 0.05) is 12.8 Å². The molecule has 0 bridgehead atoms. The van der Waals surface area contributed by atoms with Crippen molar-refractivity contribution in [3.8, 4) is 5.75 Å². The number of phenols is 1. The fourth-order valence-electron chi connectivity index (χ4n) is 3.79. The lowest BCUT2D eigenvalue weighted by molar-refractivity contribution is -0.148. The molecule has 8 nitrogen and oxygen atoms in total. The zero-order valence-electron chi connectivity index (χ0n) is 20.0. The van der Waals surface area contributed by atoms with Crippen molar-refractivity contribution < 1.29 is 29.3 Å². The number of nitrogens with one attached hydrogen (secondary N) is 2. The predicted octanol–water partition coefficient (Wildman–Crippen LogP) is 3.82. The van der Waals surface area contributed by atoms with E-state index in [4.69, 9.17) is 4.74 Å². The number of carboxylic acid groups (broad SMARTS) is 1. The van der Waals surface area contributed by atoms with E-state index in [9.17, 15) is 24.6 Å². The number of carbonyl (C=O) groups excluding carboxylic acids is 2. The minimum Gasteiger partial charge on any atom is -0.508 e. The number of alkyl carbamates (subject to hydrolysis) is 1. The summed E-state index contributed by atoms with van der Waals surface area (Å²) >= 11 is 0. The lowest BCUT2D eigenvalue weighted by Crippen LogP contribution is -2.60. The molecule has 2 unspecified atom stereocenters. The zero-order valence-corrected chi connectivity index (χ0v) is 20.0. The van der Waals surface area contributed by atoms with Crippen LogP contribution in [0.4, 0.5) is 4.79 Å². The molecule has 0 spiro atoms. The highest BCUT2D eigenvalue weighted by Crippen LogP contribution is 2.21. The maximum Gasteiger partial charge on any atom is 0.408 e. The molecule has 0 aliphatic heterocycles. The van der Waals surface area contributed by atoms with Crippen LogP contribution in [0.25, 0.3) is 0 Å². The molecule has 3 aromatic carbocycles. The zero-order chi connectivity index (χ0) is 26.0. The minimum atomic E-state index is -1.61. The third-order valence-corrected chi connectivity index (χ3v) is 5.92.